The van der Waals surface area contributed by atoms with Crippen molar-refractivity contribution >= 4 is 16.9 Å². The molecule has 3 aromatic rings. The van der Waals surface area contributed by atoms with E-state index in [4.69, 9.17) is 4.74 Å². The highest BCUT2D eigenvalue weighted by atomic mass is 16.5. The number of benzene rings is 1. The highest BCUT2D eigenvalue weighted by Crippen LogP contribution is 2.16. The van der Waals surface area contributed by atoms with Crippen LogP contribution in [0.3, 0.4) is 0 Å². The van der Waals surface area contributed by atoms with E-state index in [0.717, 1.165) is 10.1 Å². The van der Waals surface area contributed by atoms with Gasteiger partial charge in [-0.25, -0.2) is 9.59 Å². The van der Waals surface area contributed by atoms with Crippen molar-refractivity contribution in [2.45, 2.75) is 6.61 Å². The molecular formula is C15H14N4O4. The number of fused-ring (bicyclic) bond motifs is 1. The third-order valence-corrected chi connectivity index (χ3v) is 3.64. The van der Waals surface area contributed by atoms with Gasteiger partial charge in [-0.15, -0.1) is 0 Å². The van der Waals surface area contributed by atoms with E-state index in [1.807, 2.05) is 6.07 Å². The van der Waals surface area contributed by atoms with E-state index in [0.29, 0.717) is 11.1 Å². The number of ether oxygens (including phenoxy) is 1. The molecule has 0 aliphatic carbocycles. The quantitative estimate of drug-likeness (QED) is 0.702. The van der Waals surface area contributed by atoms with Crippen molar-refractivity contribution in [3.05, 3.63) is 62.6 Å². The number of esters is 1. The smallest absolute Gasteiger partial charge is 0.359 e. The van der Waals surface area contributed by atoms with Gasteiger partial charge in [-0.3, -0.25) is 19.0 Å². The second-order valence-electron chi connectivity index (χ2n) is 5.07. The fraction of sp³-hybridized carbons (Fsp3) is 0.200. The van der Waals surface area contributed by atoms with Crippen LogP contribution in [0.25, 0.3) is 10.9 Å². The summed E-state index contributed by atoms with van der Waals surface area (Å²) in [6, 6.07) is 8.43. The zero-order valence-electron chi connectivity index (χ0n) is 12.6. The molecule has 0 spiro atoms. The van der Waals surface area contributed by atoms with Crippen LogP contribution in [-0.4, -0.2) is 25.3 Å². The fourth-order valence-electron chi connectivity index (χ4n) is 2.24. The molecule has 3 rings (SSSR count). The molecule has 0 bridgehead atoms. The molecule has 0 aliphatic rings. The average molecular weight is 314 g/mol. The van der Waals surface area contributed by atoms with E-state index < -0.39 is 17.2 Å². The van der Waals surface area contributed by atoms with Crippen molar-refractivity contribution in [3.8, 4) is 0 Å². The predicted octanol–water partition coefficient (Wildman–Crippen LogP) is 0.317. The van der Waals surface area contributed by atoms with Gasteiger partial charge in [-0.2, -0.15) is 5.10 Å². The third-order valence-electron chi connectivity index (χ3n) is 3.64. The molecule has 2 aromatic heterocycles. The maximum atomic E-state index is 12.2. The summed E-state index contributed by atoms with van der Waals surface area (Å²) in [6.07, 6.45) is 0. The summed E-state index contributed by atoms with van der Waals surface area (Å²) in [5, 5.41) is 7.34. The minimum absolute atomic E-state index is 0.162. The highest BCUT2D eigenvalue weighted by molar-refractivity contribution is 6.01. The molecule has 0 atom stereocenters. The second-order valence-corrected chi connectivity index (χ2v) is 5.07. The van der Waals surface area contributed by atoms with Crippen LogP contribution in [0.15, 0.2) is 39.9 Å². The van der Waals surface area contributed by atoms with E-state index in [1.165, 1.54) is 24.7 Å². The van der Waals surface area contributed by atoms with Crippen LogP contribution in [0.2, 0.25) is 0 Å². The summed E-state index contributed by atoms with van der Waals surface area (Å²) in [5.74, 6) is -0.629. The number of aromatic nitrogens is 4. The number of hydrogen-bond donors (Lipinski definition) is 1. The lowest BCUT2D eigenvalue weighted by Crippen LogP contribution is -2.38. The summed E-state index contributed by atoms with van der Waals surface area (Å²) in [7, 11) is 2.89. The van der Waals surface area contributed by atoms with Crippen LogP contribution >= 0.6 is 0 Å². The van der Waals surface area contributed by atoms with Crippen LogP contribution in [0.5, 0.6) is 0 Å². The predicted molar refractivity (Wildman–Crippen MR) is 82.1 cm³/mol. The lowest BCUT2D eigenvalue weighted by atomic mass is 10.2. The maximum Gasteiger partial charge on any atom is 0.359 e. The van der Waals surface area contributed by atoms with Gasteiger partial charge in [0.25, 0.3) is 5.56 Å². The van der Waals surface area contributed by atoms with Gasteiger partial charge in [0, 0.05) is 25.5 Å². The highest BCUT2D eigenvalue weighted by Gasteiger charge is 2.16. The standard InChI is InChI=1S/C15H14N4O4/c1-18-9(7-12(20)19(2)15(18)22)8-23-14(21)13-10-5-3-4-6-11(10)16-17-13/h3-7H,8H2,1-2H3,(H,16,17). The Kier molecular flexibility index (Phi) is 3.57. The lowest BCUT2D eigenvalue weighted by molar-refractivity contribution is 0.0458. The minimum atomic E-state index is -0.629. The molecular weight excluding hydrogens is 300 g/mol. The zero-order chi connectivity index (χ0) is 16.6. The summed E-state index contributed by atoms with van der Waals surface area (Å²) in [5.41, 5.74) is 0.263. The first-order chi connectivity index (χ1) is 11.0. The molecule has 0 saturated heterocycles. The van der Waals surface area contributed by atoms with Crippen LogP contribution in [-0.2, 0) is 25.4 Å². The van der Waals surface area contributed by atoms with E-state index in [-0.39, 0.29) is 12.3 Å². The number of carbonyl (C=O) groups is 1. The Labute approximate surface area is 129 Å². The molecule has 1 N–H and O–H groups in total. The maximum absolute atomic E-state index is 12.2. The number of para-hydroxylation sites is 1. The molecule has 8 nitrogen and oxygen atoms in total. The largest absolute Gasteiger partial charge is 0.454 e. The fourth-order valence-corrected chi connectivity index (χ4v) is 2.24. The van der Waals surface area contributed by atoms with Crippen molar-refractivity contribution in [3.63, 3.8) is 0 Å². The number of rotatable bonds is 3. The molecule has 0 unspecified atom stereocenters. The number of carbonyl (C=O) groups excluding carboxylic acids is 1. The Hall–Kier alpha value is -3.16. The first-order valence-electron chi connectivity index (χ1n) is 6.85. The number of hydrogen-bond acceptors (Lipinski definition) is 5. The number of aromatic amines is 1. The summed E-state index contributed by atoms with van der Waals surface area (Å²) in [6.45, 7) is -0.193. The monoisotopic (exact) mass is 314 g/mol. The topological polar surface area (TPSA) is 99.0 Å². The third kappa shape index (κ3) is 2.54. The van der Waals surface area contributed by atoms with Crippen LogP contribution < -0.4 is 11.2 Å². The number of nitrogens with zero attached hydrogens (tertiary/aromatic N) is 3. The van der Waals surface area contributed by atoms with Crippen molar-refractivity contribution in [2.75, 3.05) is 0 Å². The second kappa shape index (κ2) is 5.56. The first-order valence-corrected chi connectivity index (χ1v) is 6.85. The van der Waals surface area contributed by atoms with Crippen LogP contribution in [0.1, 0.15) is 16.2 Å². The lowest BCUT2D eigenvalue weighted by Gasteiger charge is -2.09. The van der Waals surface area contributed by atoms with Gasteiger partial charge >= 0.3 is 11.7 Å². The number of nitrogens with one attached hydrogen (secondary N) is 1. The van der Waals surface area contributed by atoms with Crippen LogP contribution in [0.4, 0.5) is 0 Å². The van der Waals surface area contributed by atoms with Gasteiger partial charge in [-0.05, 0) is 6.07 Å². The zero-order valence-corrected chi connectivity index (χ0v) is 12.6. The van der Waals surface area contributed by atoms with Crippen molar-refractivity contribution in [2.24, 2.45) is 14.1 Å². The normalized spacial score (nSPS) is 10.9. The Balaban J connectivity index is 1.85. The molecule has 23 heavy (non-hydrogen) atoms. The Morgan fingerprint density at radius 1 is 1.22 bits per heavy atom. The molecule has 0 fully saturated rings. The molecule has 0 amide bonds. The molecule has 1 aromatic carbocycles. The summed E-state index contributed by atoms with van der Waals surface area (Å²) in [4.78, 5) is 35.6. The van der Waals surface area contributed by atoms with Gasteiger partial charge in [0.1, 0.15) is 6.61 Å². The SMILES string of the molecule is Cn1c(COC(=O)c2n[nH]c3ccccc23)cc(=O)n(C)c1=O. The Morgan fingerprint density at radius 2 is 1.96 bits per heavy atom. The average Bonchev–Trinajstić information content (AvgIpc) is 2.99. The van der Waals surface area contributed by atoms with Crippen molar-refractivity contribution < 1.29 is 9.53 Å². The van der Waals surface area contributed by atoms with E-state index in [9.17, 15) is 14.4 Å². The molecule has 0 radical (unpaired) electrons. The molecule has 118 valence electrons. The van der Waals surface area contributed by atoms with Gasteiger partial charge in [0.2, 0.25) is 0 Å². The van der Waals surface area contributed by atoms with E-state index >= 15 is 0 Å². The first kappa shape index (κ1) is 14.8. The summed E-state index contributed by atoms with van der Waals surface area (Å²) < 4.78 is 7.42. The van der Waals surface area contributed by atoms with Crippen molar-refractivity contribution in [1.82, 2.24) is 19.3 Å². The Bertz CT molecular complexity index is 1010. The molecule has 8 heteroatoms. The van der Waals surface area contributed by atoms with Gasteiger partial charge in [0.15, 0.2) is 5.69 Å². The Morgan fingerprint density at radius 3 is 2.74 bits per heavy atom. The van der Waals surface area contributed by atoms with Crippen LogP contribution in [0, 0.1) is 0 Å². The minimum Gasteiger partial charge on any atom is -0.454 e. The molecule has 0 saturated carbocycles. The van der Waals surface area contributed by atoms with Gasteiger partial charge in [0.05, 0.1) is 11.2 Å². The molecule has 2 heterocycles. The van der Waals surface area contributed by atoms with Crippen molar-refractivity contribution in [1.29, 1.82) is 0 Å². The van der Waals surface area contributed by atoms with Gasteiger partial charge < -0.3 is 4.74 Å². The summed E-state index contributed by atoms with van der Waals surface area (Å²) >= 11 is 0. The van der Waals surface area contributed by atoms with E-state index in [2.05, 4.69) is 10.2 Å². The molecule has 0 aliphatic heterocycles. The van der Waals surface area contributed by atoms with E-state index in [1.54, 1.807) is 18.2 Å². The number of H-pyrrole nitrogens is 1. The van der Waals surface area contributed by atoms with Gasteiger partial charge in [-0.1, -0.05) is 18.2 Å².